The van der Waals surface area contributed by atoms with Gasteiger partial charge in [0.1, 0.15) is 6.61 Å². The van der Waals surface area contributed by atoms with Crippen molar-refractivity contribution in [2.24, 2.45) is 0 Å². The van der Waals surface area contributed by atoms with E-state index < -0.39 is 32.5 Å². The molecule has 0 aliphatic carbocycles. The Balaban J connectivity index is 4.11. The lowest BCUT2D eigenvalue weighted by atomic mass is 10.1. The number of unbranched alkanes of at least 4 members (excludes halogenated alkanes) is 7. The van der Waals surface area contributed by atoms with Crippen LogP contribution in [0.5, 0.6) is 0 Å². The lowest BCUT2D eigenvalue weighted by molar-refractivity contribution is -0.161. The van der Waals surface area contributed by atoms with Gasteiger partial charge in [-0.2, -0.15) is 0 Å². The number of carbonyl (C=O) groups excluding carboxylic acids is 2. The topological polar surface area (TPSA) is 119 Å². The van der Waals surface area contributed by atoms with E-state index in [0.29, 0.717) is 12.8 Å². The van der Waals surface area contributed by atoms with Crippen LogP contribution in [0.3, 0.4) is 0 Å². The Bertz CT molecular complexity index is 1230. The number of carbonyl (C=O) groups is 2. The summed E-state index contributed by atoms with van der Waals surface area (Å²) in [5.41, 5.74) is 0. The van der Waals surface area contributed by atoms with Gasteiger partial charge in [-0.05, 0) is 83.5 Å². The second kappa shape index (κ2) is 39.4. The normalized spacial score (nSPS) is 13.6. The zero-order valence-electron chi connectivity index (χ0n) is 33.3. The summed E-state index contributed by atoms with van der Waals surface area (Å²) in [4.78, 5) is 42.8. The second-order valence-corrected chi connectivity index (χ2v) is 14.1. The molecule has 0 saturated heterocycles. The largest absolute Gasteiger partial charge is 0.469 e. The molecule has 2 N–H and O–H groups in total. The van der Waals surface area contributed by atoms with Crippen LogP contribution in [0, 0.1) is 0 Å². The van der Waals surface area contributed by atoms with E-state index in [1.165, 1.54) is 19.3 Å². The third-order valence-electron chi connectivity index (χ3n) is 7.80. The van der Waals surface area contributed by atoms with Crippen molar-refractivity contribution < 1.29 is 37.9 Å². The van der Waals surface area contributed by atoms with Crippen molar-refractivity contribution in [1.82, 2.24) is 0 Å². The van der Waals surface area contributed by atoms with E-state index in [-0.39, 0.29) is 19.4 Å². The van der Waals surface area contributed by atoms with E-state index in [1.807, 2.05) is 12.2 Å². The Morgan fingerprint density at radius 3 is 1.31 bits per heavy atom. The molecule has 0 aromatic carbocycles. The first-order chi connectivity index (χ1) is 26.3. The van der Waals surface area contributed by atoms with Crippen LogP contribution in [0.2, 0.25) is 0 Å². The van der Waals surface area contributed by atoms with Gasteiger partial charge in [-0.1, -0.05) is 155 Å². The third-order valence-corrected chi connectivity index (χ3v) is 8.29. The number of esters is 2. The Labute approximate surface area is 327 Å². The molecule has 1 atom stereocenters. The van der Waals surface area contributed by atoms with Crippen molar-refractivity contribution in [2.75, 3.05) is 13.2 Å². The van der Waals surface area contributed by atoms with Gasteiger partial charge < -0.3 is 19.3 Å². The molecule has 0 saturated carbocycles. The van der Waals surface area contributed by atoms with Crippen molar-refractivity contribution in [3.05, 3.63) is 109 Å². The molecule has 304 valence electrons. The Hall–Kier alpha value is -3.29. The summed E-state index contributed by atoms with van der Waals surface area (Å²) in [7, 11) is -4.78. The van der Waals surface area contributed by atoms with Crippen LogP contribution in [-0.4, -0.2) is 41.0 Å². The van der Waals surface area contributed by atoms with Crippen LogP contribution in [-0.2, 0) is 28.2 Å². The fourth-order valence-electron chi connectivity index (χ4n) is 4.88. The molecule has 0 bridgehead atoms. The average Bonchev–Trinajstić information content (AvgIpc) is 3.14. The molecule has 0 aliphatic heterocycles. The molecule has 9 heteroatoms. The van der Waals surface area contributed by atoms with E-state index >= 15 is 0 Å². The molecule has 1 unspecified atom stereocenters. The monoisotopic (exact) mass is 770 g/mol. The summed E-state index contributed by atoms with van der Waals surface area (Å²) in [5.74, 6) is -1.01. The molecule has 0 heterocycles. The highest BCUT2D eigenvalue weighted by Gasteiger charge is 2.22. The number of rotatable bonds is 35. The zero-order valence-corrected chi connectivity index (χ0v) is 34.2. The van der Waals surface area contributed by atoms with Crippen molar-refractivity contribution in [3.8, 4) is 0 Å². The maximum Gasteiger partial charge on any atom is 0.469 e. The van der Waals surface area contributed by atoms with E-state index in [2.05, 4.69) is 116 Å². The van der Waals surface area contributed by atoms with E-state index in [0.717, 1.165) is 83.5 Å². The lowest BCUT2D eigenvalue weighted by Crippen LogP contribution is -2.29. The Kier molecular flexibility index (Phi) is 37.0. The first-order valence-corrected chi connectivity index (χ1v) is 21.7. The molecule has 54 heavy (non-hydrogen) atoms. The lowest BCUT2D eigenvalue weighted by Gasteiger charge is -2.18. The first kappa shape index (κ1) is 50.7. The summed E-state index contributed by atoms with van der Waals surface area (Å²) in [6, 6.07) is 0. The highest BCUT2D eigenvalue weighted by molar-refractivity contribution is 7.46. The molecule has 0 rings (SSSR count). The van der Waals surface area contributed by atoms with Gasteiger partial charge >= 0.3 is 19.8 Å². The molecular formula is C45H71O8P. The average molecular weight is 771 g/mol. The number of hydrogen-bond donors (Lipinski definition) is 2. The van der Waals surface area contributed by atoms with Crippen LogP contribution in [0.4, 0.5) is 0 Å². The van der Waals surface area contributed by atoms with Gasteiger partial charge in [-0.3, -0.25) is 14.1 Å². The Morgan fingerprint density at radius 2 is 0.870 bits per heavy atom. The summed E-state index contributed by atoms with van der Waals surface area (Å²) in [6.07, 6.45) is 55.3. The molecule has 0 fully saturated rings. The number of phosphoric acid groups is 1. The van der Waals surface area contributed by atoms with E-state index in [9.17, 15) is 14.2 Å². The molecule has 0 aromatic rings. The van der Waals surface area contributed by atoms with Crippen molar-refractivity contribution >= 4 is 19.8 Å². The van der Waals surface area contributed by atoms with Gasteiger partial charge in [-0.15, -0.1) is 0 Å². The van der Waals surface area contributed by atoms with Gasteiger partial charge in [0.25, 0.3) is 0 Å². The molecule has 0 amide bonds. The number of hydrogen-bond acceptors (Lipinski definition) is 6. The quantitative estimate of drug-likeness (QED) is 0.0283. The van der Waals surface area contributed by atoms with Gasteiger partial charge in [-0.25, -0.2) is 4.57 Å². The maximum atomic E-state index is 12.4. The molecular weight excluding hydrogens is 699 g/mol. The van der Waals surface area contributed by atoms with Gasteiger partial charge in [0.15, 0.2) is 6.10 Å². The number of allylic oxidation sites excluding steroid dienone is 18. The number of ether oxygens (including phenoxy) is 2. The highest BCUT2D eigenvalue weighted by atomic mass is 31.2. The highest BCUT2D eigenvalue weighted by Crippen LogP contribution is 2.35. The standard InChI is InChI=1S/C45H71O8P/c1-3-5-7-9-11-13-15-17-19-21-22-24-26-28-30-32-34-36-38-40-45(47)53-43(42-52-54(48,49)50)41-51-44(46)39-37-35-33-31-29-27-25-23-20-18-16-14-12-10-8-6-4-2/h5-8,11-14,17-20,22,24,28,30,34,36,43H,3-4,9-10,15-16,21,23,25-27,29,31-33,35,37-42H2,1-2H3,(H2,48,49,50)/b7-5-,8-6-,13-11-,14-12-,19-17-,20-18-,24-22-,30-28-,36-34-. The molecule has 8 nitrogen and oxygen atoms in total. The first-order valence-electron chi connectivity index (χ1n) is 20.2. The maximum absolute atomic E-state index is 12.4. The van der Waals surface area contributed by atoms with Crippen LogP contribution in [0.25, 0.3) is 0 Å². The van der Waals surface area contributed by atoms with Gasteiger partial charge in [0, 0.05) is 12.8 Å². The fraction of sp³-hybridized carbons (Fsp3) is 0.556. The summed E-state index contributed by atoms with van der Waals surface area (Å²) >= 11 is 0. The summed E-state index contributed by atoms with van der Waals surface area (Å²) in [6.45, 7) is 3.37. The summed E-state index contributed by atoms with van der Waals surface area (Å²) < 4.78 is 26.3. The van der Waals surface area contributed by atoms with Crippen LogP contribution in [0.1, 0.15) is 142 Å². The molecule has 0 aromatic heterocycles. The second-order valence-electron chi connectivity index (χ2n) is 12.8. The third kappa shape index (κ3) is 41.5. The smallest absolute Gasteiger partial charge is 0.462 e. The zero-order chi connectivity index (χ0) is 39.6. The SMILES string of the molecule is CC/C=C\C/C=C\C/C=C\C/C=C\C/C=C\C/C=C\CCC(=O)OC(COC(=O)CCCCCCCCC/C=C\C/C=C\C/C=C\CC)COP(=O)(O)O. The van der Waals surface area contributed by atoms with Gasteiger partial charge in [0.05, 0.1) is 6.61 Å². The molecule has 0 spiro atoms. The van der Waals surface area contributed by atoms with E-state index in [1.54, 1.807) is 0 Å². The van der Waals surface area contributed by atoms with Crippen LogP contribution < -0.4 is 0 Å². The molecule has 0 radical (unpaired) electrons. The predicted octanol–water partition coefficient (Wildman–Crippen LogP) is 12.4. The number of phosphoric ester groups is 1. The minimum absolute atomic E-state index is 0.0776. The predicted molar refractivity (Wildman–Crippen MR) is 225 cm³/mol. The molecule has 0 aliphatic rings. The van der Waals surface area contributed by atoms with Gasteiger partial charge in [0.2, 0.25) is 0 Å². The van der Waals surface area contributed by atoms with Crippen molar-refractivity contribution in [3.63, 3.8) is 0 Å². The van der Waals surface area contributed by atoms with Crippen molar-refractivity contribution in [2.45, 2.75) is 148 Å². The van der Waals surface area contributed by atoms with Crippen molar-refractivity contribution in [1.29, 1.82) is 0 Å². The van der Waals surface area contributed by atoms with Crippen LogP contribution >= 0.6 is 7.82 Å². The fourth-order valence-corrected chi connectivity index (χ4v) is 5.24. The minimum atomic E-state index is -4.78. The van der Waals surface area contributed by atoms with E-state index in [4.69, 9.17) is 19.3 Å². The minimum Gasteiger partial charge on any atom is -0.462 e. The summed E-state index contributed by atoms with van der Waals surface area (Å²) in [5, 5.41) is 0. The van der Waals surface area contributed by atoms with Crippen LogP contribution in [0.15, 0.2) is 109 Å². The Morgan fingerprint density at radius 1 is 0.481 bits per heavy atom.